The maximum atomic E-state index is 14.1. The summed E-state index contributed by atoms with van der Waals surface area (Å²) in [5.41, 5.74) is -1.51. The number of carbonyl (C=O) groups excluding carboxylic acids is 2. The fraction of sp³-hybridized carbons (Fsp3) is 0.300. The molecule has 0 bridgehead atoms. The number of halogens is 3. The summed E-state index contributed by atoms with van der Waals surface area (Å²) in [6, 6.07) is 10.0. The molecular weight excluding hydrogens is 360 g/mol. The lowest BCUT2D eigenvalue weighted by Crippen LogP contribution is -2.54. The van der Waals surface area contributed by atoms with Gasteiger partial charge in [0.25, 0.3) is 5.91 Å². The molecule has 1 aliphatic carbocycles. The van der Waals surface area contributed by atoms with Crippen LogP contribution in [0.1, 0.15) is 41.6 Å². The fourth-order valence-corrected chi connectivity index (χ4v) is 3.96. The van der Waals surface area contributed by atoms with Gasteiger partial charge in [-0.25, -0.2) is 8.78 Å². The molecule has 1 unspecified atom stereocenters. The standard InChI is InChI=1S/C20H18ClF2NO2/c1-24(19(26)18-15(22)9-6-10-16(18)23)20(12-5-4-11-17(20)25)13-7-2-3-8-14(13)21/h2-3,6-10H,4-5,11-12H2,1H3. The van der Waals surface area contributed by atoms with E-state index in [1.54, 1.807) is 24.3 Å². The first-order chi connectivity index (χ1) is 12.4. The van der Waals surface area contributed by atoms with Crippen molar-refractivity contribution in [2.75, 3.05) is 7.05 Å². The molecule has 2 aromatic rings. The van der Waals surface area contributed by atoms with Crippen LogP contribution in [-0.4, -0.2) is 23.6 Å². The second-order valence-corrected chi connectivity index (χ2v) is 6.84. The maximum absolute atomic E-state index is 14.1. The van der Waals surface area contributed by atoms with Crippen molar-refractivity contribution < 1.29 is 18.4 Å². The van der Waals surface area contributed by atoms with Crippen LogP contribution in [0.4, 0.5) is 8.78 Å². The Kier molecular flexibility index (Phi) is 5.10. The quantitative estimate of drug-likeness (QED) is 0.775. The third-order valence-electron chi connectivity index (χ3n) is 5.03. The molecule has 136 valence electrons. The first-order valence-corrected chi connectivity index (χ1v) is 8.78. The molecule has 0 N–H and O–H groups in total. The first-order valence-electron chi connectivity index (χ1n) is 8.40. The molecule has 26 heavy (non-hydrogen) atoms. The fourth-order valence-electron chi connectivity index (χ4n) is 3.67. The smallest absolute Gasteiger partial charge is 0.260 e. The van der Waals surface area contributed by atoms with Gasteiger partial charge < -0.3 is 4.90 Å². The summed E-state index contributed by atoms with van der Waals surface area (Å²) in [7, 11) is 1.40. The number of nitrogens with zero attached hydrogens (tertiary/aromatic N) is 1. The van der Waals surface area contributed by atoms with Gasteiger partial charge in [0, 0.05) is 24.1 Å². The Hall–Kier alpha value is -2.27. The van der Waals surface area contributed by atoms with Gasteiger partial charge in [0.15, 0.2) is 5.78 Å². The molecule has 6 heteroatoms. The maximum Gasteiger partial charge on any atom is 0.260 e. The summed E-state index contributed by atoms with van der Waals surface area (Å²) in [5.74, 6) is -2.97. The molecule has 3 rings (SSSR count). The van der Waals surface area contributed by atoms with Crippen molar-refractivity contribution in [3.63, 3.8) is 0 Å². The summed E-state index contributed by atoms with van der Waals surface area (Å²) in [5, 5.41) is 0.344. The van der Waals surface area contributed by atoms with E-state index in [1.807, 2.05) is 0 Å². The van der Waals surface area contributed by atoms with Crippen molar-refractivity contribution in [1.29, 1.82) is 0 Å². The second kappa shape index (κ2) is 7.16. The van der Waals surface area contributed by atoms with Gasteiger partial charge in [-0.2, -0.15) is 0 Å². The summed E-state index contributed by atoms with van der Waals surface area (Å²) < 4.78 is 28.3. The van der Waals surface area contributed by atoms with Gasteiger partial charge in [-0.3, -0.25) is 9.59 Å². The van der Waals surface area contributed by atoms with Crippen molar-refractivity contribution in [2.24, 2.45) is 0 Å². The van der Waals surface area contributed by atoms with Crippen LogP contribution in [0.5, 0.6) is 0 Å². The molecule has 1 aliphatic rings. The number of rotatable bonds is 3. The molecule has 3 nitrogen and oxygen atoms in total. The van der Waals surface area contributed by atoms with Crippen LogP contribution in [0.2, 0.25) is 5.02 Å². The van der Waals surface area contributed by atoms with E-state index in [0.29, 0.717) is 29.8 Å². The van der Waals surface area contributed by atoms with E-state index in [9.17, 15) is 18.4 Å². The van der Waals surface area contributed by atoms with E-state index in [4.69, 9.17) is 11.6 Å². The van der Waals surface area contributed by atoms with Gasteiger partial charge in [0.2, 0.25) is 0 Å². The number of Topliss-reactive ketones (excluding diaryl/α,β-unsaturated/α-hetero) is 1. The van der Waals surface area contributed by atoms with Gasteiger partial charge in [0.1, 0.15) is 22.7 Å². The predicted molar refractivity (Wildman–Crippen MR) is 95.1 cm³/mol. The molecule has 0 radical (unpaired) electrons. The van der Waals surface area contributed by atoms with Crippen LogP contribution in [0.15, 0.2) is 42.5 Å². The molecule has 1 amide bonds. The monoisotopic (exact) mass is 377 g/mol. The Labute approximate surface area is 155 Å². The van der Waals surface area contributed by atoms with Gasteiger partial charge in [-0.15, -0.1) is 0 Å². The highest BCUT2D eigenvalue weighted by atomic mass is 35.5. The number of hydrogen-bond acceptors (Lipinski definition) is 2. The van der Waals surface area contributed by atoms with Gasteiger partial charge >= 0.3 is 0 Å². The van der Waals surface area contributed by atoms with Crippen LogP contribution in [-0.2, 0) is 10.3 Å². The van der Waals surface area contributed by atoms with Gasteiger partial charge in [-0.05, 0) is 37.5 Å². The number of carbonyl (C=O) groups is 2. The molecule has 0 heterocycles. The molecule has 2 aromatic carbocycles. The third-order valence-corrected chi connectivity index (χ3v) is 5.36. The lowest BCUT2D eigenvalue weighted by Gasteiger charge is -2.44. The summed E-state index contributed by atoms with van der Waals surface area (Å²) in [6.07, 6.45) is 2.05. The predicted octanol–water partition coefficient (Wildman–Crippen LogP) is 4.73. The number of ketones is 1. The van der Waals surface area contributed by atoms with Crippen molar-refractivity contribution in [2.45, 2.75) is 31.2 Å². The summed E-state index contributed by atoms with van der Waals surface area (Å²) >= 11 is 6.33. The van der Waals surface area contributed by atoms with E-state index in [-0.39, 0.29) is 12.2 Å². The number of amides is 1. The Bertz CT molecular complexity index is 850. The Morgan fingerprint density at radius 2 is 1.73 bits per heavy atom. The molecule has 1 saturated carbocycles. The van der Waals surface area contributed by atoms with Gasteiger partial charge in [0.05, 0.1) is 0 Å². The highest BCUT2D eigenvalue weighted by molar-refractivity contribution is 6.31. The lowest BCUT2D eigenvalue weighted by atomic mass is 9.74. The lowest BCUT2D eigenvalue weighted by molar-refractivity contribution is -0.132. The van der Waals surface area contributed by atoms with E-state index >= 15 is 0 Å². The van der Waals surface area contributed by atoms with E-state index in [1.165, 1.54) is 13.1 Å². The van der Waals surface area contributed by atoms with E-state index in [2.05, 4.69) is 0 Å². The molecule has 0 aromatic heterocycles. The van der Waals surface area contributed by atoms with Crippen LogP contribution < -0.4 is 0 Å². The Balaban J connectivity index is 2.15. The Morgan fingerprint density at radius 3 is 2.35 bits per heavy atom. The largest absolute Gasteiger partial charge is 0.325 e. The zero-order valence-electron chi connectivity index (χ0n) is 14.3. The molecule has 1 atom stereocenters. The second-order valence-electron chi connectivity index (χ2n) is 6.43. The summed E-state index contributed by atoms with van der Waals surface area (Å²) in [6.45, 7) is 0. The number of hydrogen-bond donors (Lipinski definition) is 0. The minimum Gasteiger partial charge on any atom is -0.325 e. The number of likely N-dealkylation sites (N-methyl/N-ethyl adjacent to an activating group) is 1. The minimum atomic E-state index is -1.33. The van der Waals surface area contributed by atoms with Crippen LogP contribution >= 0.6 is 11.6 Å². The highest BCUT2D eigenvalue weighted by Crippen LogP contribution is 2.43. The molecule has 0 spiro atoms. The van der Waals surface area contributed by atoms with Gasteiger partial charge in [-0.1, -0.05) is 35.9 Å². The SMILES string of the molecule is CN(C(=O)c1c(F)cccc1F)C1(c2ccccc2Cl)CCCCC1=O. The molecule has 0 aliphatic heterocycles. The highest BCUT2D eigenvalue weighted by Gasteiger charge is 2.48. The van der Waals surface area contributed by atoms with Crippen LogP contribution in [0.3, 0.4) is 0 Å². The van der Waals surface area contributed by atoms with Crippen molar-refractivity contribution in [1.82, 2.24) is 4.90 Å². The van der Waals surface area contributed by atoms with Crippen LogP contribution in [0, 0.1) is 11.6 Å². The Morgan fingerprint density at radius 1 is 1.08 bits per heavy atom. The first kappa shape index (κ1) is 18.5. The van der Waals surface area contributed by atoms with Crippen molar-refractivity contribution in [3.8, 4) is 0 Å². The molecule has 0 saturated heterocycles. The van der Waals surface area contributed by atoms with Crippen LogP contribution in [0.25, 0.3) is 0 Å². The third kappa shape index (κ3) is 2.90. The minimum absolute atomic E-state index is 0.176. The normalized spacial score (nSPS) is 20.1. The van der Waals surface area contributed by atoms with Crippen molar-refractivity contribution >= 4 is 23.3 Å². The molecule has 1 fully saturated rings. The molecular formula is C20H18ClF2NO2. The summed E-state index contributed by atoms with van der Waals surface area (Å²) in [4.78, 5) is 27.1. The van der Waals surface area contributed by atoms with E-state index < -0.39 is 28.6 Å². The zero-order valence-corrected chi connectivity index (χ0v) is 15.0. The zero-order chi connectivity index (χ0) is 18.9. The topological polar surface area (TPSA) is 37.4 Å². The van der Waals surface area contributed by atoms with E-state index in [0.717, 1.165) is 17.0 Å². The van der Waals surface area contributed by atoms with Crippen molar-refractivity contribution in [3.05, 3.63) is 70.2 Å². The average molecular weight is 378 g/mol. The average Bonchev–Trinajstić information content (AvgIpc) is 2.62. The number of benzene rings is 2.